The Hall–Kier alpha value is -1.54. The van der Waals surface area contributed by atoms with Gasteiger partial charge in [0, 0.05) is 7.05 Å². The van der Waals surface area contributed by atoms with Crippen LogP contribution in [0.4, 0.5) is 0 Å². The molecule has 0 aromatic heterocycles. The molecule has 0 saturated carbocycles. The van der Waals surface area contributed by atoms with Crippen molar-refractivity contribution in [1.82, 2.24) is 4.90 Å². The van der Waals surface area contributed by atoms with Gasteiger partial charge in [0.15, 0.2) is 0 Å². The molecule has 0 aromatic rings. The van der Waals surface area contributed by atoms with Crippen LogP contribution in [0.1, 0.15) is 6.42 Å². The Morgan fingerprint density at radius 1 is 1.60 bits per heavy atom. The van der Waals surface area contributed by atoms with Crippen molar-refractivity contribution in [3.8, 4) is 12.3 Å². The highest BCUT2D eigenvalue weighted by Gasteiger charge is 2.38. The predicted octanol–water partition coefficient (Wildman–Crippen LogP) is -0.432. The highest BCUT2D eigenvalue weighted by Crippen LogP contribution is 2.19. The number of amides is 1. The summed E-state index contributed by atoms with van der Waals surface area (Å²) in [5, 5.41) is 8.89. The van der Waals surface area contributed by atoms with Gasteiger partial charge < -0.3 is 14.7 Å². The molecule has 15 heavy (non-hydrogen) atoms. The van der Waals surface area contributed by atoms with Gasteiger partial charge in [0.05, 0.1) is 25.7 Å². The van der Waals surface area contributed by atoms with Crippen LogP contribution in [-0.4, -0.2) is 48.2 Å². The molecule has 1 aliphatic rings. The van der Waals surface area contributed by atoms with Crippen molar-refractivity contribution >= 4 is 11.9 Å². The number of carbonyl (C=O) groups excluding carboxylic acids is 1. The maximum absolute atomic E-state index is 11.4. The Morgan fingerprint density at radius 3 is 2.80 bits per heavy atom. The van der Waals surface area contributed by atoms with E-state index in [0.717, 1.165) is 0 Å². The second-order valence-corrected chi connectivity index (χ2v) is 3.44. The van der Waals surface area contributed by atoms with Crippen LogP contribution < -0.4 is 0 Å². The molecule has 0 aromatic carbocycles. The van der Waals surface area contributed by atoms with E-state index in [4.69, 9.17) is 16.3 Å². The summed E-state index contributed by atoms with van der Waals surface area (Å²) in [5.74, 6) is 0.384. The monoisotopic (exact) mass is 211 g/mol. The van der Waals surface area contributed by atoms with Crippen LogP contribution in [0.25, 0.3) is 0 Å². The molecule has 82 valence electrons. The zero-order valence-electron chi connectivity index (χ0n) is 8.47. The van der Waals surface area contributed by atoms with Crippen LogP contribution in [-0.2, 0) is 14.3 Å². The molecule has 1 aliphatic heterocycles. The standard InChI is InChI=1S/C10H13NO4/c1-3-4-9(12)11(2)8-6-15-5-7(8)10(13)14/h1,7-8H,4-6H2,2H3,(H,13,14). The molecular formula is C10H13NO4. The van der Waals surface area contributed by atoms with Crippen molar-refractivity contribution in [1.29, 1.82) is 0 Å². The first kappa shape index (κ1) is 11.5. The molecule has 1 saturated heterocycles. The summed E-state index contributed by atoms with van der Waals surface area (Å²) in [5.41, 5.74) is 0. The fourth-order valence-electron chi connectivity index (χ4n) is 1.56. The van der Waals surface area contributed by atoms with E-state index in [9.17, 15) is 9.59 Å². The van der Waals surface area contributed by atoms with Gasteiger partial charge in [0.1, 0.15) is 5.92 Å². The molecule has 1 amide bonds. The summed E-state index contributed by atoms with van der Waals surface area (Å²) in [7, 11) is 1.55. The summed E-state index contributed by atoms with van der Waals surface area (Å²) < 4.78 is 5.05. The minimum atomic E-state index is -0.946. The lowest BCUT2D eigenvalue weighted by atomic mass is 10.0. The summed E-state index contributed by atoms with van der Waals surface area (Å²) in [6.45, 7) is 0.400. The smallest absolute Gasteiger partial charge is 0.311 e. The molecule has 5 heteroatoms. The van der Waals surface area contributed by atoms with Crippen LogP contribution in [0.2, 0.25) is 0 Å². The lowest BCUT2D eigenvalue weighted by Gasteiger charge is -2.25. The first-order valence-electron chi connectivity index (χ1n) is 4.57. The third-order valence-electron chi connectivity index (χ3n) is 2.51. The van der Waals surface area contributed by atoms with E-state index in [1.807, 2.05) is 0 Å². The maximum atomic E-state index is 11.4. The molecule has 1 heterocycles. The SMILES string of the molecule is C#CCC(=O)N(C)C1COCC1C(=O)O. The maximum Gasteiger partial charge on any atom is 0.311 e. The van der Waals surface area contributed by atoms with Gasteiger partial charge in [-0.15, -0.1) is 6.42 Å². The number of ether oxygens (including phenoxy) is 1. The average Bonchev–Trinajstić information content (AvgIpc) is 2.65. The second-order valence-electron chi connectivity index (χ2n) is 3.44. The van der Waals surface area contributed by atoms with Crippen molar-refractivity contribution in [2.24, 2.45) is 5.92 Å². The summed E-state index contributed by atoms with van der Waals surface area (Å²) in [6, 6.07) is -0.414. The lowest BCUT2D eigenvalue weighted by molar-refractivity contribution is -0.144. The first-order valence-corrected chi connectivity index (χ1v) is 4.57. The van der Waals surface area contributed by atoms with Crippen LogP contribution >= 0.6 is 0 Å². The van der Waals surface area contributed by atoms with Gasteiger partial charge in [-0.25, -0.2) is 0 Å². The third-order valence-corrected chi connectivity index (χ3v) is 2.51. The van der Waals surface area contributed by atoms with Crippen LogP contribution in [0.3, 0.4) is 0 Å². The minimum absolute atomic E-state index is 0.0145. The molecule has 1 fully saturated rings. The highest BCUT2D eigenvalue weighted by molar-refractivity contribution is 5.80. The van der Waals surface area contributed by atoms with Crippen molar-refractivity contribution in [3.05, 3.63) is 0 Å². The number of aliphatic carboxylic acids is 1. The number of likely N-dealkylation sites (N-methyl/N-ethyl adjacent to an activating group) is 1. The minimum Gasteiger partial charge on any atom is -0.481 e. The molecule has 1 rings (SSSR count). The van der Waals surface area contributed by atoms with Crippen LogP contribution in [0, 0.1) is 18.3 Å². The quantitative estimate of drug-likeness (QED) is 0.643. The summed E-state index contributed by atoms with van der Waals surface area (Å²) in [6.07, 6.45) is 5.00. The fraction of sp³-hybridized carbons (Fsp3) is 0.600. The molecule has 5 nitrogen and oxygen atoms in total. The van der Waals surface area contributed by atoms with Crippen molar-refractivity contribution in [2.75, 3.05) is 20.3 Å². The number of hydrogen-bond acceptors (Lipinski definition) is 3. The Balaban J connectivity index is 2.66. The van der Waals surface area contributed by atoms with Gasteiger partial charge in [-0.05, 0) is 0 Å². The lowest BCUT2D eigenvalue weighted by Crippen LogP contribution is -2.43. The Kier molecular flexibility index (Phi) is 3.69. The van der Waals surface area contributed by atoms with E-state index < -0.39 is 17.9 Å². The summed E-state index contributed by atoms with van der Waals surface area (Å²) in [4.78, 5) is 23.6. The number of nitrogens with zero attached hydrogens (tertiary/aromatic N) is 1. The van der Waals surface area contributed by atoms with Crippen molar-refractivity contribution in [3.63, 3.8) is 0 Å². The highest BCUT2D eigenvalue weighted by atomic mass is 16.5. The van der Waals surface area contributed by atoms with Crippen LogP contribution in [0.5, 0.6) is 0 Å². The Morgan fingerprint density at radius 2 is 2.27 bits per heavy atom. The normalized spacial score (nSPS) is 24.5. The molecular weight excluding hydrogens is 198 g/mol. The molecule has 2 unspecified atom stereocenters. The summed E-state index contributed by atoms with van der Waals surface area (Å²) >= 11 is 0. The molecule has 0 spiro atoms. The van der Waals surface area contributed by atoms with Gasteiger partial charge in [0.25, 0.3) is 0 Å². The van der Waals surface area contributed by atoms with Crippen molar-refractivity contribution in [2.45, 2.75) is 12.5 Å². The fourth-order valence-corrected chi connectivity index (χ4v) is 1.56. The van der Waals surface area contributed by atoms with E-state index in [1.165, 1.54) is 4.90 Å². The van der Waals surface area contributed by atoms with Gasteiger partial charge in [-0.2, -0.15) is 0 Å². The predicted molar refractivity (Wildman–Crippen MR) is 52.0 cm³/mol. The van der Waals surface area contributed by atoms with E-state index in [2.05, 4.69) is 5.92 Å². The Bertz CT molecular complexity index is 307. The topological polar surface area (TPSA) is 66.8 Å². The molecule has 2 atom stereocenters. The second kappa shape index (κ2) is 4.80. The van der Waals surface area contributed by atoms with Crippen LogP contribution in [0.15, 0.2) is 0 Å². The van der Waals surface area contributed by atoms with E-state index in [0.29, 0.717) is 0 Å². The van der Waals surface area contributed by atoms with Gasteiger partial charge in [-0.3, -0.25) is 9.59 Å². The zero-order valence-corrected chi connectivity index (χ0v) is 8.47. The van der Waals surface area contributed by atoms with Gasteiger partial charge in [-0.1, -0.05) is 5.92 Å². The van der Waals surface area contributed by atoms with Gasteiger partial charge >= 0.3 is 5.97 Å². The number of rotatable bonds is 3. The first-order chi connectivity index (χ1) is 7.07. The van der Waals surface area contributed by atoms with E-state index in [1.54, 1.807) is 7.05 Å². The zero-order chi connectivity index (χ0) is 11.4. The number of carboxylic acid groups (broad SMARTS) is 1. The number of hydrogen-bond donors (Lipinski definition) is 1. The number of carbonyl (C=O) groups is 2. The molecule has 0 aliphatic carbocycles. The van der Waals surface area contributed by atoms with E-state index in [-0.39, 0.29) is 25.5 Å². The third kappa shape index (κ3) is 2.48. The molecule has 0 radical (unpaired) electrons. The Labute approximate surface area is 88.0 Å². The molecule has 1 N–H and O–H groups in total. The number of terminal acetylenes is 1. The van der Waals surface area contributed by atoms with E-state index >= 15 is 0 Å². The van der Waals surface area contributed by atoms with Crippen molar-refractivity contribution < 1.29 is 19.4 Å². The largest absolute Gasteiger partial charge is 0.481 e. The number of carboxylic acids is 1. The average molecular weight is 211 g/mol. The van der Waals surface area contributed by atoms with Gasteiger partial charge in [0.2, 0.25) is 5.91 Å². The molecule has 0 bridgehead atoms.